The van der Waals surface area contributed by atoms with Gasteiger partial charge in [0.1, 0.15) is 11.6 Å². The number of nitrogens with one attached hydrogen (secondary N) is 1. The molecule has 0 spiro atoms. The number of anilines is 1. The molecule has 0 atom stereocenters. The second-order valence-corrected chi connectivity index (χ2v) is 8.77. The smallest absolute Gasteiger partial charge is 0.333 e. The molecule has 2 heterocycles. The van der Waals surface area contributed by atoms with Crippen LogP contribution in [-0.2, 0) is 6.54 Å². The number of halogens is 1. The minimum absolute atomic E-state index is 0.138. The third-order valence-electron chi connectivity index (χ3n) is 6.37. The van der Waals surface area contributed by atoms with Gasteiger partial charge < -0.3 is 10.4 Å². The number of aliphatic hydroxyl groups is 1. The molecule has 6 nitrogen and oxygen atoms in total. The fourth-order valence-electron chi connectivity index (χ4n) is 4.54. The van der Waals surface area contributed by atoms with Crippen LogP contribution >= 0.6 is 0 Å². The van der Waals surface area contributed by atoms with Gasteiger partial charge >= 0.3 is 5.69 Å². The molecular weight excluding hydrogens is 431 g/mol. The summed E-state index contributed by atoms with van der Waals surface area (Å²) >= 11 is 0. The number of pyridine rings is 1. The first-order chi connectivity index (χ1) is 16.6. The van der Waals surface area contributed by atoms with E-state index in [1.165, 1.54) is 10.6 Å². The number of imidazole rings is 1. The second-order valence-electron chi connectivity index (χ2n) is 8.77. The number of rotatable bonds is 6. The van der Waals surface area contributed by atoms with Gasteiger partial charge in [0.25, 0.3) is 0 Å². The lowest BCUT2D eigenvalue weighted by Gasteiger charge is -2.26. The van der Waals surface area contributed by atoms with Crippen LogP contribution in [0.25, 0.3) is 16.9 Å². The number of para-hydroxylation sites is 1. The molecule has 7 heteroatoms. The molecule has 0 bridgehead atoms. The van der Waals surface area contributed by atoms with E-state index in [0.717, 1.165) is 42.8 Å². The Hall–Kier alpha value is -3.71. The van der Waals surface area contributed by atoms with Gasteiger partial charge in [-0.25, -0.2) is 14.2 Å². The number of hydrogen-bond donors (Lipinski definition) is 2. The fraction of sp³-hybridized carbons (Fsp3) is 0.259. The number of aromatic nitrogens is 3. The standard InChI is InChI=1S/C27H27FN4O2/c28-24-9-5-4-6-20(24)17-31-18-25(32(27(31)34)22-7-2-1-3-8-22)19-14-15-29-26(16-19)30-21-10-12-23(33)13-11-21/h1-9,14-16,18,21,23,33H,10-13,17H2,(H,29,30)/t21-,23-. The van der Waals surface area contributed by atoms with E-state index in [1.54, 1.807) is 35.2 Å². The normalized spacial score (nSPS) is 18.1. The highest BCUT2D eigenvalue weighted by molar-refractivity contribution is 5.65. The van der Waals surface area contributed by atoms with Gasteiger partial charge in [0.2, 0.25) is 0 Å². The maximum atomic E-state index is 14.3. The van der Waals surface area contributed by atoms with Crippen molar-refractivity contribution in [2.75, 3.05) is 5.32 Å². The summed E-state index contributed by atoms with van der Waals surface area (Å²) < 4.78 is 17.5. The minimum atomic E-state index is -0.337. The summed E-state index contributed by atoms with van der Waals surface area (Å²) in [5.74, 6) is 0.393. The maximum absolute atomic E-state index is 14.3. The van der Waals surface area contributed by atoms with Gasteiger partial charge in [0.05, 0.1) is 24.0 Å². The summed E-state index contributed by atoms with van der Waals surface area (Å²) in [5, 5.41) is 13.2. The van der Waals surface area contributed by atoms with Gasteiger partial charge in [-0.2, -0.15) is 0 Å². The van der Waals surface area contributed by atoms with Crippen molar-refractivity contribution >= 4 is 5.82 Å². The van der Waals surface area contributed by atoms with Crippen molar-refractivity contribution < 1.29 is 9.50 Å². The highest BCUT2D eigenvalue weighted by Gasteiger charge is 2.20. The molecule has 2 aromatic heterocycles. The van der Waals surface area contributed by atoms with Gasteiger partial charge in [-0.1, -0.05) is 36.4 Å². The van der Waals surface area contributed by atoms with E-state index >= 15 is 0 Å². The van der Waals surface area contributed by atoms with E-state index in [9.17, 15) is 14.3 Å². The molecule has 1 aliphatic carbocycles. The van der Waals surface area contributed by atoms with Crippen LogP contribution in [0, 0.1) is 5.82 Å². The van der Waals surface area contributed by atoms with Gasteiger partial charge in [0, 0.05) is 29.6 Å². The molecule has 1 saturated carbocycles. The lowest BCUT2D eigenvalue weighted by atomic mass is 9.93. The van der Waals surface area contributed by atoms with Crippen molar-refractivity contribution in [1.82, 2.24) is 14.1 Å². The van der Waals surface area contributed by atoms with Crippen molar-refractivity contribution in [2.45, 2.75) is 44.4 Å². The quantitative estimate of drug-likeness (QED) is 0.443. The summed E-state index contributed by atoms with van der Waals surface area (Å²) in [7, 11) is 0. The highest BCUT2D eigenvalue weighted by Crippen LogP contribution is 2.26. The third-order valence-corrected chi connectivity index (χ3v) is 6.37. The van der Waals surface area contributed by atoms with Crippen LogP contribution in [0.15, 0.2) is 83.9 Å². The molecule has 0 aliphatic heterocycles. The first-order valence-corrected chi connectivity index (χ1v) is 11.6. The number of hydrogen-bond acceptors (Lipinski definition) is 4. The Morgan fingerprint density at radius 2 is 1.74 bits per heavy atom. The predicted octanol–water partition coefficient (Wildman–Crippen LogP) is 4.60. The summed E-state index contributed by atoms with van der Waals surface area (Å²) in [5.41, 5.74) is 2.50. The fourth-order valence-corrected chi connectivity index (χ4v) is 4.54. The molecule has 4 aromatic rings. The Morgan fingerprint density at radius 3 is 2.50 bits per heavy atom. The number of nitrogens with zero attached hydrogens (tertiary/aromatic N) is 3. The number of aliphatic hydroxyl groups excluding tert-OH is 1. The Balaban J connectivity index is 1.53. The molecule has 1 aliphatic rings. The van der Waals surface area contributed by atoms with E-state index in [-0.39, 0.29) is 30.2 Å². The summed E-state index contributed by atoms with van der Waals surface area (Å²) in [6.45, 7) is 0.138. The average Bonchev–Trinajstić information content (AvgIpc) is 3.18. The van der Waals surface area contributed by atoms with Crippen LogP contribution in [0.2, 0.25) is 0 Å². The van der Waals surface area contributed by atoms with Crippen LogP contribution < -0.4 is 11.0 Å². The van der Waals surface area contributed by atoms with Crippen LogP contribution in [0.1, 0.15) is 31.2 Å². The van der Waals surface area contributed by atoms with Gasteiger partial charge in [-0.15, -0.1) is 0 Å². The molecule has 34 heavy (non-hydrogen) atoms. The second kappa shape index (κ2) is 9.65. The molecule has 5 rings (SSSR count). The van der Waals surface area contributed by atoms with Crippen LogP contribution in [-0.4, -0.2) is 31.4 Å². The van der Waals surface area contributed by atoms with Crippen molar-refractivity contribution in [2.24, 2.45) is 0 Å². The predicted molar refractivity (Wildman–Crippen MR) is 131 cm³/mol. The van der Waals surface area contributed by atoms with Gasteiger partial charge in [-0.05, 0) is 56.0 Å². The van der Waals surface area contributed by atoms with Crippen molar-refractivity contribution in [3.63, 3.8) is 0 Å². The molecule has 2 aromatic carbocycles. The first-order valence-electron chi connectivity index (χ1n) is 11.6. The topological polar surface area (TPSA) is 72.1 Å². The summed E-state index contributed by atoms with van der Waals surface area (Å²) in [4.78, 5) is 17.9. The Morgan fingerprint density at radius 1 is 1.00 bits per heavy atom. The van der Waals surface area contributed by atoms with Crippen molar-refractivity contribution in [1.29, 1.82) is 0 Å². The monoisotopic (exact) mass is 458 g/mol. The molecule has 174 valence electrons. The van der Waals surface area contributed by atoms with Crippen LogP contribution in [0.5, 0.6) is 0 Å². The van der Waals surface area contributed by atoms with E-state index in [0.29, 0.717) is 11.3 Å². The van der Waals surface area contributed by atoms with Crippen LogP contribution in [0.3, 0.4) is 0 Å². The van der Waals surface area contributed by atoms with E-state index < -0.39 is 0 Å². The van der Waals surface area contributed by atoms with E-state index in [1.807, 2.05) is 42.5 Å². The maximum Gasteiger partial charge on any atom is 0.333 e. The largest absolute Gasteiger partial charge is 0.393 e. The Labute approximate surface area is 197 Å². The molecule has 0 unspecified atom stereocenters. The SMILES string of the molecule is O=c1n(Cc2ccccc2F)cc(-c2ccnc(N[C@H]3CC[C@H](O)CC3)c2)n1-c1ccccc1. The summed E-state index contributed by atoms with van der Waals surface area (Å²) in [6.07, 6.45) is 6.63. The third kappa shape index (κ3) is 4.65. The van der Waals surface area contributed by atoms with Gasteiger partial charge in [0.15, 0.2) is 0 Å². The first kappa shape index (κ1) is 22.1. The molecule has 0 amide bonds. The zero-order chi connectivity index (χ0) is 23.5. The number of benzene rings is 2. The van der Waals surface area contributed by atoms with E-state index in [4.69, 9.17) is 0 Å². The van der Waals surface area contributed by atoms with Gasteiger partial charge in [-0.3, -0.25) is 9.13 Å². The Kier molecular flexibility index (Phi) is 6.27. The average molecular weight is 459 g/mol. The Bertz CT molecular complexity index is 1320. The molecule has 0 radical (unpaired) electrons. The molecule has 2 N–H and O–H groups in total. The van der Waals surface area contributed by atoms with Crippen LogP contribution in [0.4, 0.5) is 10.2 Å². The molecule has 0 saturated heterocycles. The zero-order valence-corrected chi connectivity index (χ0v) is 18.8. The van der Waals surface area contributed by atoms with Crippen molar-refractivity contribution in [3.05, 3.63) is 101 Å². The lowest BCUT2D eigenvalue weighted by Crippen LogP contribution is -2.28. The summed E-state index contributed by atoms with van der Waals surface area (Å²) in [6, 6.07) is 20.0. The van der Waals surface area contributed by atoms with E-state index in [2.05, 4.69) is 10.3 Å². The highest BCUT2D eigenvalue weighted by atomic mass is 19.1. The zero-order valence-electron chi connectivity index (χ0n) is 18.8. The molecular formula is C27H27FN4O2. The molecule has 1 fully saturated rings. The lowest BCUT2D eigenvalue weighted by molar-refractivity contribution is 0.126. The minimum Gasteiger partial charge on any atom is -0.393 e. The van der Waals surface area contributed by atoms with Crippen molar-refractivity contribution in [3.8, 4) is 16.9 Å².